The number of benzene rings is 1. The zero-order valence-corrected chi connectivity index (χ0v) is 10.9. The predicted molar refractivity (Wildman–Crippen MR) is 66.7 cm³/mol. The van der Waals surface area contributed by atoms with E-state index in [0.29, 0.717) is 6.54 Å². The summed E-state index contributed by atoms with van der Waals surface area (Å²) in [4.78, 5) is 11.5. The Hall–Kier alpha value is -0.990. The van der Waals surface area contributed by atoms with Gasteiger partial charge in [0.2, 0.25) is 7.64 Å². The number of carbonyl (C=O) groups excluding carboxylic acids is 1. The van der Waals surface area contributed by atoms with Crippen molar-refractivity contribution in [1.82, 2.24) is 4.67 Å². The van der Waals surface area contributed by atoms with Crippen LogP contribution in [0.15, 0.2) is 30.3 Å². The normalized spacial score (nSPS) is 22.8. The van der Waals surface area contributed by atoms with Crippen LogP contribution in [-0.4, -0.2) is 37.1 Å². The lowest BCUT2D eigenvalue weighted by Crippen LogP contribution is -2.28. The lowest BCUT2D eigenvalue weighted by atomic mass is 10.1. The minimum atomic E-state index is -1.95. The van der Waals surface area contributed by atoms with Crippen LogP contribution in [0.2, 0.25) is 0 Å². The Labute approximate surface area is 101 Å². The maximum atomic E-state index is 12.5. The van der Waals surface area contributed by atoms with E-state index in [1.807, 2.05) is 43.7 Å². The van der Waals surface area contributed by atoms with Crippen LogP contribution in [-0.2, 0) is 9.32 Å². The van der Waals surface area contributed by atoms with Gasteiger partial charge in [0.25, 0.3) is 5.91 Å². The van der Waals surface area contributed by atoms with Crippen LogP contribution in [0.1, 0.15) is 11.7 Å². The molecular formula is C12H16FNO2P+. The second-order valence-corrected chi connectivity index (χ2v) is 7.69. The molecule has 1 atom stereocenters. The fourth-order valence-corrected chi connectivity index (χ4v) is 4.09. The monoisotopic (exact) mass is 256 g/mol. The molecule has 0 aliphatic carbocycles. The molecule has 5 heteroatoms. The van der Waals surface area contributed by atoms with Gasteiger partial charge in [0, 0.05) is 0 Å². The molecule has 92 valence electrons. The van der Waals surface area contributed by atoms with Gasteiger partial charge >= 0.3 is 0 Å². The lowest BCUT2D eigenvalue weighted by molar-refractivity contribution is -0.127. The minimum absolute atomic E-state index is 0.130. The number of halogens is 1. The van der Waals surface area contributed by atoms with Gasteiger partial charge in [0.1, 0.15) is 0 Å². The molecule has 1 fully saturated rings. The summed E-state index contributed by atoms with van der Waals surface area (Å²) in [7, 11) is -1.95. The Morgan fingerprint density at radius 1 is 1.47 bits per heavy atom. The molecule has 3 nitrogen and oxygen atoms in total. The molecule has 1 aromatic carbocycles. The third-order valence-electron chi connectivity index (χ3n) is 2.88. The van der Waals surface area contributed by atoms with Crippen molar-refractivity contribution >= 4 is 13.5 Å². The van der Waals surface area contributed by atoms with E-state index in [2.05, 4.69) is 0 Å². The number of hydrogen-bond donors (Lipinski definition) is 0. The molecule has 1 saturated heterocycles. The van der Waals surface area contributed by atoms with Crippen LogP contribution in [0.3, 0.4) is 0 Å². The molecule has 0 saturated carbocycles. The molecular weight excluding hydrogens is 240 g/mol. The maximum Gasteiger partial charge on any atom is 0.287 e. The molecule has 1 aliphatic rings. The fraction of sp³-hybridized carbons (Fsp3) is 0.417. The first-order valence-corrected chi connectivity index (χ1v) is 8.04. The van der Waals surface area contributed by atoms with Crippen molar-refractivity contribution in [3.05, 3.63) is 35.9 Å². The molecule has 1 aromatic rings. The van der Waals surface area contributed by atoms with Crippen LogP contribution >= 0.6 is 7.64 Å². The summed E-state index contributed by atoms with van der Waals surface area (Å²) < 4.78 is 20.0. The van der Waals surface area contributed by atoms with Crippen molar-refractivity contribution in [3.63, 3.8) is 0 Å². The number of rotatable bonds is 2. The summed E-state index contributed by atoms with van der Waals surface area (Å²) in [5.41, 5.74) is 1.04. The number of hydrogen-bond acceptors (Lipinski definition) is 2. The van der Waals surface area contributed by atoms with E-state index in [1.54, 1.807) is 4.67 Å². The van der Waals surface area contributed by atoms with E-state index in [0.717, 1.165) is 5.56 Å². The number of carbonyl (C=O) groups is 1. The van der Waals surface area contributed by atoms with Crippen molar-refractivity contribution in [2.24, 2.45) is 0 Å². The van der Waals surface area contributed by atoms with Crippen molar-refractivity contribution in [2.75, 3.05) is 26.5 Å². The quantitative estimate of drug-likeness (QED) is 0.761. The van der Waals surface area contributed by atoms with E-state index in [1.165, 1.54) is 0 Å². The molecule has 1 heterocycles. The van der Waals surface area contributed by atoms with Crippen LogP contribution in [0.4, 0.5) is 4.39 Å². The summed E-state index contributed by atoms with van der Waals surface area (Å²) in [5.74, 6) is -0.471. The van der Waals surface area contributed by atoms with Crippen molar-refractivity contribution < 1.29 is 13.7 Å². The van der Waals surface area contributed by atoms with Gasteiger partial charge in [-0.15, -0.1) is 0 Å². The van der Waals surface area contributed by atoms with Gasteiger partial charge in [0.05, 0.1) is 19.9 Å². The molecule has 2 rings (SSSR count). The minimum Gasteiger partial charge on any atom is -0.268 e. The lowest BCUT2D eigenvalue weighted by Gasteiger charge is -2.18. The second kappa shape index (κ2) is 4.71. The molecule has 0 aromatic heterocycles. The third-order valence-corrected chi connectivity index (χ3v) is 5.20. The zero-order valence-electron chi connectivity index (χ0n) is 9.97. The van der Waals surface area contributed by atoms with Crippen molar-refractivity contribution in [1.29, 1.82) is 0 Å². The highest BCUT2D eigenvalue weighted by Gasteiger charge is 2.50. The molecule has 0 unspecified atom stereocenters. The number of amides is 1. The van der Waals surface area contributed by atoms with E-state index < -0.39 is 20.2 Å². The molecule has 17 heavy (non-hydrogen) atoms. The molecule has 1 amide bonds. The van der Waals surface area contributed by atoms with Gasteiger partial charge in [-0.25, -0.2) is 8.91 Å². The van der Waals surface area contributed by atoms with Crippen LogP contribution in [0.25, 0.3) is 0 Å². The topological polar surface area (TPSA) is 29.5 Å². The maximum absolute atomic E-state index is 12.5. The van der Waals surface area contributed by atoms with Gasteiger partial charge in [-0.3, -0.25) is 4.79 Å². The fourth-order valence-electron chi connectivity index (χ4n) is 2.03. The summed E-state index contributed by atoms with van der Waals surface area (Å²) in [5, 5.41) is 0. The Morgan fingerprint density at radius 3 is 2.71 bits per heavy atom. The van der Waals surface area contributed by atoms with E-state index >= 15 is 0 Å². The predicted octanol–water partition coefficient (Wildman–Crippen LogP) is 2.66. The SMILES string of the molecule is C[P+]1(C)O[C@H](c2ccccc2)CN1C(=O)CF. The molecule has 0 N–H and O–H groups in total. The third kappa shape index (κ3) is 2.48. The van der Waals surface area contributed by atoms with Crippen molar-refractivity contribution in [3.8, 4) is 0 Å². The van der Waals surface area contributed by atoms with E-state index in [4.69, 9.17) is 4.52 Å². The van der Waals surface area contributed by atoms with Crippen LogP contribution in [0, 0.1) is 0 Å². The highest BCUT2D eigenvalue weighted by atomic mass is 31.2. The largest absolute Gasteiger partial charge is 0.287 e. The first-order valence-electron chi connectivity index (χ1n) is 5.49. The average molecular weight is 256 g/mol. The smallest absolute Gasteiger partial charge is 0.268 e. The summed E-state index contributed by atoms with van der Waals surface area (Å²) >= 11 is 0. The van der Waals surface area contributed by atoms with Gasteiger partial charge in [-0.05, 0) is 5.56 Å². The molecule has 0 spiro atoms. The van der Waals surface area contributed by atoms with Crippen LogP contribution in [0.5, 0.6) is 0 Å². The Morgan fingerprint density at radius 2 is 2.12 bits per heavy atom. The van der Waals surface area contributed by atoms with E-state index in [9.17, 15) is 9.18 Å². The van der Waals surface area contributed by atoms with Gasteiger partial charge in [0.15, 0.2) is 12.8 Å². The summed E-state index contributed by atoms with van der Waals surface area (Å²) in [6.07, 6.45) is -0.130. The number of alkyl halides is 1. The van der Waals surface area contributed by atoms with E-state index in [-0.39, 0.29) is 6.10 Å². The highest BCUT2D eigenvalue weighted by molar-refractivity contribution is 7.68. The standard InChI is InChI=1S/C12H16FNO2P/c1-17(2)14(12(15)8-13)9-11(16-17)10-6-4-3-5-7-10/h3-7,11H,8-9H2,1-2H3/q+1/t11-/m0/s1. The Bertz CT molecular complexity index is 410. The summed E-state index contributed by atoms with van der Waals surface area (Å²) in [6.45, 7) is 3.29. The number of nitrogens with zero attached hydrogens (tertiary/aromatic N) is 1. The first-order chi connectivity index (χ1) is 8.04. The van der Waals surface area contributed by atoms with Crippen LogP contribution < -0.4 is 0 Å². The first kappa shape index (κ1) is 12.5. The second-order valence-electron chi connectivity index (χ2n) is 4.41. The van der Waals surface area contributed by atoms with Crippen molar-refractivity contribution in [2.45, 2.75) is 6.10 Å². The summed E-state index contributed by atoms with van der Waals surface area (Å²) in [6, 6.07) is 9.74. The van der Waals surface area contributed by atoms with Gasteiger partial charge in [-0.1, -0.05) is 30.3 Å². The molecule has 0 bridgehead atoms. The average Bonchev–Trinajstić information content (AvgIpc) is 2.65. The highest BCUT2D eigenvalue weighted by Crippen LogP contribution is 2.64. The Kier molecular flexibility index (Phi) is 3.45. The van der Waals surface area contributed by atoms with Gasteiger partial charge < -0.3 is 0 Å². The Balaban J connectivity index is 2.19. The zero-order chi connectivity index (χ0) is 12.5. The molecule has 0 radical (unpaired) electrons. The molecule has 1 aliphatic heterocycles. The van der Waals surface area contributed by atoms with Gasteiger partial charge in [-0.2, -0.15) is 4.67 Å².